The number of esters is 1. The summed E-state index contributed by atoms with van der Waals surface area (Å²) in [4.78, 5) is 21.3. The second-order valence-corrected chi connectivity index (χ2v) is 7.11. The minimum atomic E-state index is -0.680. The lowest BCUT2D eigenvalue weighted by atomic mass is 9.93. The second kappa shape index (κ2) is 7.57. The van der Waals surface area contributed by atoms with E-state index in [1.54, 1.807) is 6.92 Å². The van der Waals surface area contributed by atoms with Crippen molar-refractivity contribution in [2.24, 2.45) is 5.73 Å². The van der Waals surface area contributed by atoms with Gasteiger partial charge in [-0.05, 0) is 31.5 Å². The van der Waals surface area contributed by atoms with Gasteiger partial charge in [-0.15, -0.1) is 0 Å². The molecule has 2 aliphatic rings. The average molecular weight is 392 g/mol. The van der Waals surface area contributed by atoms with Gasteiger partial charge in [0, 0.05) is 30.7 Å². The minimum Gasteiger partial charge on any atom is -0.460 e. The molecule has 3 N–H and O–H groups in total. The number of hydrogen-bond donors (Lipinski definition) is 2. The SMILES string of the molecule is CCOC(=O)c1nc2c([nH]1)CN([C@H]1CO[C@H](c3cc(F)ccc3F)[C@@H](N)C1)C2. The number of halogens is 2. The maximum absolute atomic E-state index is 14.1. The number of carbonyl (C=O) groups excluding carboxylic acids is 1. The summed E-state index contributed by atoms with van der Waals surface area (Å²) in [5.74, 6) is -1.29. The summed E-state index contributed by atoms with van der Waals surface area (Å²) in [7, 11) is 0. The number of fused-ring (bicyclic) bond motifs is 1. The summed E-state index contributed by atoms with van der Waals surface area (Å²) < 4.78 is 38.3. The van der Waals surface area contributed by atoms with Crippen molar-refractivity contribution in [3.05, 3.63) is 52.6 Å². The second-order valence-electron chi connectivity index (χ2n) is 7.11. The number of carbonyl (C=O) groups is 1. The van der Waals surface area contributed by atoms with Gasteiger partial charge in [-0.1, -0.05) is 0 Å². The summed E-state index contributed by atoms with van der Waals surface area (Å²) >= 11 is 0. The van der Waals surface area contributed by atoms with E-state index in [9.17, 15) is 13.6 Å². The maximum Gasteiger partial charge on any atom is 0.374 e. The number of aromatic amines is 1. The fourth-order valence-corrected chi connectivity index (χ4v) is 3.86. The van der Waals surface area contributed by atoms with Crippen LogP contribution in [0.1, 0.15) is 47.0 Å². The number of ether oxygens (including phenoxy) is 2. The molecule has 1 aromatic carbocycles. The van der Waals surface area contributed by atoms with Crippen molar-refractivity contribution < 1.29 is 23.0 Å². The fourth-order valence-electron chi connectivity index (χ4n) is 3.86. The lowest BCUT2D eigenvalue weighted by molar-refractivity contribution is -0.0534. The number of aromatic nitrogens is 2. The van der Waals surface area contributed by atoms with Crippen LogP contribution in [0.4, 0.5) is 8.78 Å². The Labute approximate surface area is 160 Å². The predicted octanol–water partition coefficient (Wildman–Crippen LogP) is 2.04. The lowest BCUT2D eigenvalue weighted by Crippen LogP contribution is -2.47. The van der Waals surface area contributed by atoms with E-state index in [-0.39, 0.29) is 17.4 Å². The van der Waals surface area contributed by atoms with Crippen molar-refractivity contribution in [1.82, 2.24) is 14.9 Å². The number of H-pyrrole nitrogens is 1. The van der Waals surface area contributed by atoms with Crippen LogP contribution in [-0.4, -0.2) is 46.1 Å². The molecular weight excluding hydrogens is 370 g/mol. The molecule has 2 aromatic rings. The third-order valence-corrected chi connectivity index (χ3v) is 5.23. The highest BCUT2D eigenvalue weighted by Crippen LogP contribution is 2.33. The van der Waals surface area contributed by atoms with Crippen molar-refractivity contribution in [2.75, 3.05) is 13.2 Å². The van der Waals surface area contributed by atoms with Gasteiger partial charge in [0.05, 0.1) is 24.6 Å². The van der Waals surface area contributed by atoms with Crippen LogP contribution in [0.3, 0.4) is 0 Å². The molecule has 150 valence electrons. The Kier molecular flexibility index (Phi) is 5.13. The smallest absolute Gasteiger partial charge is 0.374 e. The summed E-state index contributed by atoms with van der Waals surface area (Å²) in [5.41, 5.74) is 8.06. The Morgan fingerprint density at radius 1 is 1.43 bits per heavy atom. The fraction of sp³-hybridized carbons (Fsp3) is 0.474. The van der Waals surface area contributed by atoms with Crippen molar-refractivity contribution in [1.29, 1.82) is 0 Å². The van der Waals surface area contributed by atoms with Crippen LogP contribution in [0, 0.1) is 11.6 Å². The lowest BCUT2D eigenvalue weighted by Gasteiger charge is -2.38. The van der Waals surface area contributed by atoms with Gasteiger partial charge in [0.1, 0.15) is 17.7 Å². The van der Waals surface area contributed by atoms with E-state index in [4.69, 9.17) is 15.2 Å². The summed E-state index contributed by atoms with van der Waals surface area (Å²) in [6.07, 6.45) is -0.101. The van der Waals surface area contributed by atoms with E-state index in [1.165, 1.54) is 0 Å². The van der Waals surface area contributed by atoms with E-state index < -0.39 is 29.7 Å². The summed E-state index contributed by atoms with van der Waals surface area (Å²) in [6, 6.07) is 2.87. The number of nitrogens with two attached hydrogens (primary N) is 1. The molecule has 7 nitrogen and oxygen atoms in total. The first-order valence-corrected chi connectivity index (χ1v) is 9.27. The third kappa shape index (κ3) is 3.52. The Balaban J connectivity index is 1.40. The first-order valence-electron chi connectivity index (χ1n) is 9.27. The summed E-state index contributed by atoms with van der Waals surface area (Å²) in [6.45, 7) is 3.53. The molecule has 3 heterocycles. The molecular formula is C19H22F2N4O3. The highest BCUT2D eigenvalue weighted by Gasteiger charge is 2.37. The van der Waals surface area contributed by atoms with Gasteiger partial charge in [-0.2, -0.15) is 0 Å². The van der Waals surface area contributed by atoms with Crippen LogP contribution in [0.2, 0.25) is 0 Å². The zero-order chi connectivity index (χ0) is 19.8. The standard InChI is InChI=1S/C19H22F2N4O3/c1-2-27-19(26)18-23-15-7-25(8-16(15)24-18)11-6-14(22)17(28-9-11)12-5-10(20)3-4-13(12)21/h3-5,11,14,17H,2,6-9,22H2,1H3,(H,23,24)/t11-,14+,17-/m1/s1. The normalized spacial score (nSPS) is 24.9. The first kappa shape index (κ1) is 19.0. The van der Waals surface area contributed by atoms with Gasteiger partial charge < -0.3 is 20.2 Å². The number of rotatable bonds is 4. The van der Waals surface area contributed by atoms with E-state index in [0.717, 1.165) is 29.6 Å². The van der Waals surface area contributed by atoms with Gasteiger partial charge in [-0.3, -0.25) is 4.90 Å². The summed E-state index contributed by atoms with van der Waals surface area (Å²) in [5, 5.41) is 0. The molecule has 0 spiro atoms. The van der Waals surface area contributed by atoms with Crippen molar-refractivity contribution in [3.8, 4) is 0 Å². The van der Waals surface area contributed by atoms with Gasteiger partial charge in [0.15, 0.2) is 0 Å². The van der Waals surface area contributed by atoms with Crippen LogP contribution in [0.25, 0.3) is 0 Å². The molecule has 1 saturated heterocycles. The van der Waals surface area contributed by atoms with Crippen LogP contribution in [0.15, 0.2) is 18.2 Å². The molecule has 0 saturated carbocycles. The van der Waals surface area contributed by atoms with Gasteiger partial charge in [-0.25, -0.2) is 18.6 Å². The largest absolute Gasteiger partial charge is 0.460 e. The quantitative estimate of drug-likeness (QED) is 0.774. The third-order valence-electron chi connectivity index (χ3n) is 5.23. The molecule has 2 aliphatic heterocycles. The van der Waals surface area contributed by atoms with Gasteiger partial charge in [0.2, 0.25) is 5.82 Å². The Bertz CT molecular complexity index is 865. The van der Waals surface area contributed by atoms with E-state index in [0.29, 0.717) is 32.7 Å². The molecule has 0 aliphatic carbocycles. The molecule has 28 heavy (non-hydrogen) atoms. The number of nitrogens with zero attached hydrogens (tertiary/aromatic N) is 2. The monoisotopic (exact) mass is 392 g/mol. The van der Waals surface area contributed by atoms with E-state index in [1.807, 2.05) is 0 Å². The van der Waals surface area contributed by atoms with Crippen LogP contribution < -0.4 is 5.73 Å². The number of imidazole rings is 1. The zero-order valence-corrected chi connectivity index (χ0v) is 15.5. The topological polar surface area (TPSA) is 93.5 Å². The number of hydrogen-bond acceptors (Lipinski definition) is 6. The first-order chi connectivity index (χ1) is 13.5. The van der Waals surface area contributed by atoms with E-state index in [2.05, 4.69) is 14.9 Å². The zero-order valence-electron chi connectivity index (χ0n) is 15.5. The van der Waals surface area contributed by atoms with Crippen molar-refractivity contribution in [2.45, 2.75) is 44.6 Å². The minimum absolute atomic E-state index is 0.0245. The molecule has 1 aromatic heterocycles. The molecule has 0 radical (unpaired) electrons. The molecule has 3 atom stereocenters. The molecule has 0 bridgehead atoms. The number of benzene rings is 1. The van der Waals surface area contributed by atoms with Gasteiger partial charge >= 0.3 is 5.97 Å². The van der Waals surface area contributed by atoms with Crippen LogP contribution in [-0.2, 0) is 22.6 Å². The van der Waals surface area contributed by atoms with Crippen LogP contribution >= 0.6 is 0 Å². The average Bonchev–Trinajstić information content (AvgIpc) is 3.23. The van der Waals surface area contributed by atoms with Crippen molar-refractivity contribution in [3.63, 3.8) is 0 Å². The van der Waals surface area contributed by atoms with Gasteiger partial charge in [0.25, 0.3) is 0 Å². The molecule has 0 amide bonds. The number of nitrogens with one attached hydrogen (secondary N) is 1. The Hall–Kier alpha value is -2.36. The highest BCUT2D eigenvalue weighted by atomic mass is 19.1. The van der Waals surface area contributed by atoms with Crippen LogP contribution in [0.5, 0.6) is 0 Å². The molecule has 4 rings (SSSR count). The molecule has 0 unspecified atom stereocenters. The Morgan fingerprint density at radius 2 is 2.25 bits per heavy atom. The van der Waals surface area contributed by atoms with E-state index >= 15 is 0 Å². The predicted molar refractivity (Wildman–Crippen MR) is 95.2 cm³/mol. The Morgan fingerprint density at radius 3 is 2.96 bits per heavy atom. The molecule has 9 heteroatoms. The molecule has 1 fully saturated rings. The van der Waals surface area contributed by atoms with Crippen molar-refractivity contribution >= 4 is 5.97 Å². The maximum atomic E-state index is 14.1. The highest BCUT2D eigenvalue weighted by molar-refractivity contribution is 5.85.